The van der Waals surface area contributed by atoms with E-state index in [-0.39, 0.29) is 30.6 Å². The van der Waals surface area contributed by atoms with E-state index in [9.17, 15) is 34.8 Å². The molecule has 1 aromatic carbocycles. The van der Waals surface area contributed by atoms with Crippen LogP contribution in [0.15, 0.2) is 41.5 Å². The molecule has 10 atom stereocenters. The largest absolute Gasteiger partial charge is 0.462 e. The average molecular weight is 589 g/mol. The number of rotatable bonds is 5. The first-order valence-electron chi connectivity index (χ1n) is 14.2. The average Bonchev–Trinajstić information content (AvgIpc) is 3.15. The van der Waals surface area contributed by atoms with Crippen molar-refractivity contribution in [3.05, 3.63) is 47.0 Å². The monoisotopic (exact) mass is 588 g/mol. The first kappa shape index (κ1) is 30.6. The molecule has 4 aliphatic rings. The standard InChI is InChI=1S/C31H40O11/c1-15-19(34)13-30(28(4,5)38)22(15)23(35)25(36)29(6)20(40-16(2)32)12-21-31(14-39-21,42-17(3)33)24(29)26(30)41-27(37)18-10-8-7-9-11-18/h7-11,19-21,23-26,34-36,38H,12-14H2,1-6H3/t19-,20-,21-,23+,24?,25-,26+,29-,30-,31-/m0/s1. The highest BCUT2D eigenvalue weighted by atomic mass is 16.6. The highest BCUT2D eigenvalue weighted by Gasteiger charge is 2.79. The summed E-state index contributed by atoms with van der Waals surface area (Å²) in [5.74, 6) is -3.24. The maximum atomic E-state index is 13.8. The van der Waals surface area contributed by atoms with Crippen LogP contribution in [0.25, 0.3) is 0 Å². The molecule has 0 radical (unpaired) electrons. The Hall–Kier alpha value is -2.83. The summed E-state index contributed by atoms with van der Waals surface area (Å²) in [5.41, 5.74) is -5.87. The molecule has 3 aliphatic carbocycles. The quantitative estimate of drug-likeness (QED) is 0.223. The number of hydrogen-bond donors (Lipinski definition) is 4. The molecule has 230 valence electrons. The lowest BCUT2D eigenvalue weighted by atomic mass is 9.49. The fourth-order valence-corrected chi connectivity index (χ4v) is 8.36. The van der Waals surface area contributed by atoms with Crippen molar-refractivity contribution >= 4 is 17.9 Å². The van der Waals surface area contributed by atoms with Gasteiger partial charge in [0, 0.05) is 25.7 Å². The van der Waals surface area contributed by atoms with Crippen molar-refractivity contribution in [2.24, 2.45) is 16.7 Å². The Bertz CT molecular complexity index is 1300. The van der Waals surface area contributed by atoms with E-state index in [1.165, 1.54) is 27.7 Å². The molecule has 1 aromatic rings. The number of benzene rings is 1. The molecule has 5 rings (SSSR count). The minimum absolute atomic E-state index is 0.0269. The summed E-state index contributed by atoms with van der Waals surface area (Å²) < 4.78 is 24.1. The summed E-state index contributed by atoms with van der Waals surface area (Å²) in [7, 11) is 0. The number of aliphatic hydroxyl groups excluding tert-OH is 3. The van der Waals surface area contributed by atoms with Gasteiger partial charge in [-0.1, -0.05) is 25.1 Å². The van der Waals surface area contributed by atoms with E-state index in [4.69, 9.17) is 18.9 Å². The van der Waals surface area contributed by atoms with Gasteiger partial charge in [0.15, 0.2) is 5.60 Å². The molecule has 11 heteroatoms. The third-order valence-corrected chi connectivity index (χ3v) is 10.3. The zero-order valence-corrected chi connectivity index (χ0v) is 24.7. The number of esters is 3. The van der Waals surface area contributed by atoms with E-state index in [1.54, 1.807) is 44.2 Å². The highest BCUT2D eigenvalue weighted by Crippen LogP contribution is 2.68. The third kappa shape index (κ3) is 4.16. The van der Waals surface area contributed by atoms with Crippen molar-refractivity contribution in [1.29, 1.82) is 0 Å². The normalized spacial score (nSPS) is 41.0. The first-order valence-corrected chi connectivity index (χ1v) is 14.2. The van der Waals surface area contributed by atoms with Gasteiger partial charge in [0.25, 0.3) is 0 Å². The maximum Gasteiger partial charge on any atom is 0.338 e. The van der Waals surface area contributed by atoms with Crippen molar-refractivity contribution in [1.82, 2.24) is 0 Å². The summed E-state index contributed by atoms with van der Waals surface area (Å²) in [5, 5.41) is 47.3. The molecule has 4 N–H and O–H groups in total. The molecular formula is C31H40O11. The molecule has 2 saturated carbocycles. The number of ether oxygens (including phenoxy) is 4. The Morgan fingerprint density at radius 3 is 2.19 bits per heavy atom. The minimum Gasteiger partial charge on any atom is -0.462 e. The molecule has 11 nitrogen and oxygen atoms in total. The Kier molecular flexibility index (Phi) is 7.38. The smallest absolute Gasteiger partial charge is 0.338 e. The van der Waals surface area contributed by atoms with Gasteiger partial charge < -0.3 is 39.4 Å². The second-order valence-electron chi connectivity index (χ2n) is 13.0. The topological polar surface area (TPSA) is 169 Å². The van der Waals surface area contributed by atoms with Crippen molar-refractivity contribution in [3.8, 4) is 0 Å². The zero-order valence-electron chi connectivity index (χ0n) is 24.7. The van der Waals surface area contributed by atoms with E-state index >= 15 is 0 Å². The number of fused-ring (bicyclic) bond motifs is 4. The molecular weight excluding hydrogens is 548 g/mol. The van der Waals surface area contributed by atoms with Gasteiger partial charge in [-0.25, -0.2) is 4.79 Å². The molecule has 0 amide bonds. The minimum atomic E-state index is -1.76. The van der Waals surface area contributed by atoms with E-state index in [2.05, 4.69) is 0 Å². The molecule has 42 heavy (non-hydrogen) atoms. The summed E-state index contributed by atoms with van der Waals surface area (Å²) in [6, 6.07) is 8.18. The van der Waals surface area contributed by atoms with Gasteiger partial charge >= 0.3 is 17.9 Å². The fourth-order valence-electron chi connectivity index (χ4n) is 8.36. The van der Waals surface area contributed by atoms with Crippen molar-refractivity contribution < 1.29 is 53.8 Å². The van der Waals surface area contributed by atoms with Crippen LogP contribution in [0, 0.1) is 16.7 Å². The van der Waals surface area contributed by atoms with Gasteiger partial charge in [-0.3, -0.25) is 9.59 Å². The molecule has 0 bridgehead atoms. The number of carbonyl (C=O) groups excluding carboxylic acids is 3. The van der Waals surface area contributed by atoms with Gasteiger partial charge in [-0.05, 0) is 50.5 Å². The number of aliphatic hydroxyl groups is 4. The van der Waals surface area contributed by atoms with Gasteiger partial charge in [0.1, 0.15) is 24.4 Å². The van der Waals surface area contributed by atoms with Crippen LogP contribution >= 0.6 is 0 Å². The van der Waals surface area contributed by atoms with Crippen LogP contribution in [0.1, 0.15) is 64.7 Å². The third-order valence-electron chi connectivity index (χ3n) is 10.3. The maximum absolute atomic E-state index is 13.8. The van der Waals surface area contributed by atoms with Crippen LogP contribution in [0.3, 0.4) is 0 Å². The lowest BCUT2D eigenvalue weighted by Gasteiger charge is -2.65. The van der Waals surface area contributed by atoms with Crippen LogP contribution in [0.2, 0.25) is 0 Å². The molecule has 1 heterocycles. The van der Waals surface area contributed by atoms with Crippen molar-refractivity contribution in [3.63, 3.8) is 0 Å². The van der Waals surface area contributed by atoms with Crippen LogP contribution in [0.5, 0.6) is 0 Å². The van der Waals surface area contributed by atoms with Gasteiger partial charge in [-0.15, -0.1) is 0 Å². The van der Waals surface area contributed by atoms with Crippen LogP contribution < -0.4 is 0 Å². The lowest BCUT2D eigenvalue weighted by Crippen LogP contribution is -2.79. The molecule has 0 aromatic heterocycles. The fraction of sp³-hybridized carbons (Fsp3) is 0.645. The molecule has 0 spiro atoms. The Balaban J connectivity index is 1.85. The second kappa shape index (κ2) is 10.1. The Morgan fingerprint density at radius 1 is 1.02 bits per heavy atom. The molecule has 1 saturated heterocycles. The number of carbonyl (C=O) groups is 3. The summed E-state index contributed by atoms with van der Waals surface area (Å²) in [4.78, 5) is 38.9. The Morgan fingerprint density at radius 2 is 1.67 bits per heavy atom. The van der Waals surface area contributed by atoms with Crippen LogP contribution in [0.4, 0.5) is 0 Å². The predicted molar refractivity (Wildman–Crippen MR) is 146 cm³/mol. The first-order chi connectivity index (χ1) is 19.5. The summed E-state index contributed by atoms with van der Waals surface area (Å²) in [6.45, 7) is 8.50. The van der Waals surface area contributed by atoms with E-state index < -0.39 is 82.5 Å². The van der Waals surface area contributed by atoms with Gasteiger partial charge in [0.2, 0.25) is 0 Å². The van der Waals surface area contributed by atoms with Crippen molar-refractivity contribution in [2.45, 2.75) is 102 Å². The second-order valence-corrected chi connectivity index (χ2v) is 13.0. The SMILES string of the molecule is CC(=O)O[C@H]1C[C@@H]2OC[C@@]2(OC(C)=O)C2[C@@H](OC(=O)c3ccccc3)[C@]3(C(C)(C)O)C[C@H](O)C(C)=C3[C@@H](O)[C@H](O)[C@]21C. The summed E-state index contributed by atoms with van der Waals surface area (Å²) in [6.07, 6.45) is -7.93. The predicted octanol–water partition coefficient (Wildman–Crippen LogP) is 1.44. The van der Waals surface area contributed by atoms with E-state index in [1.807, 2.05) is 0 Å². The zero-order chi connectivity index (χ0) is 31.0. The van der Waals surface area contributed by atoms with Crippen molar-refractivity contribution in [2.75, 3.05) is 6.61 Å². The summed E-state index contributed by atoms with van der Waals surface area (Å²) >= 11 is 0. The van der Waals surface area contributed by atoms with Gasteiger partial charge in [0.05, 0.1) is 41.3 Å². The molecule has 3 fully saturated rings. The molecule has 1 unspecified atom stereocenters. The van der Waals surface area contributed by atoms with Crippen LogP contribution in [-0.2, 0) is 28.5 Å². The number of hydrogen-bond acceptors (Lipinski definition) is 11. The highest BCUT2D eigenvalue weighted by molar-refractivity contribution is 5.89. The van der Waals surface area contributed by atoms with Gasteiger partial charge in [-0.2, -0.15) is 0 Å². The van der Waals surface area contributed by atoms with E-state index in [0.29, 0.717) is 5.57 Å². The van der Waals surface area contributed by atoms with E-state index in [0.717, 1.165) is 0 Å². The Labute approximate surface area is 244 Å². The van der Waals surface area contributed by atoms with Crippen LogP contribution in [-0.4, -0.2) is 92.8 Å². The molecule has 1 aliphatic heterocycles. The lowest BCUT2D eigenvalue weighted by molar-refractivity contribution is -0.351.